The smallest absolute Gasteiger partial charge is 0.330 e. The van der Waals surface area contributed by atoms with Crippen LogP contribution in [0.25, 0.3) is 0 Å². The van der Waals surface area contributed by atoms with E-state index in [0.717, 1.165) is 5.56 Å². The third kappa shape index (κ3) is 8.75. The number of benzene rings is 1. The van der Waals surface area contributed by atoms with Crippen LogP contribution in [-0.4, -0.2) is 46.1 Å². The zero-order valence-electron chi connectivity index (χ0n) is 23.1. The van der Waals surface area contributed by atoms with Gasteiger partial charge in [-0.1, -0.05) is 41.6 Å². The van der Waals surface area contributed by atoms with Gasteiger partial charge in [-0.05, 0) is 44.4 Å². The van der Waals surface area contributed by atoms with Gasteiger partial charge in [-0.2, -0.15) is 0 Å². The Hall–Kier alpha value is -5.00. The first kappa shape index (κ1) is 30.5. The van der Waals surface area contributed by atoms with Gasteiger partial charge in [0, 0.05) is 37.2 Å². The number of carbonyl (C=O) groups excluding carboxylic acids is 4. The van der Waals surface area contributed by atoms with Crippen molar-refractivity contribution in [2.75, 3.05) is 11.9 Å². The molecule has 1 aromatic carbocycles. The zero-order valence-corrected chi connectivity index (χ0v) is 23.1. The van der Waals surface area contributed by atoms with E-state index in [9.17, 15) is 24.0 Å². The van der Waals surface area contributed by atoms with Gasteiger partial charge in [0.15, 0.2) is 5.69 Å². The molecule has 2 atom stereocenters. The molecule has 4 N–H and O–H groups in total. The fourth-order valence-electron chi connectivity index (χ4n) is 4.02. The quantitative estimate of drug-likeness (QED) is 0.210. The second kappa shape index (κ2) is 14.4. The predicted octanol–water partition coefficient (Wildman–Crippen LogP) is 2.36. The van der Waals surface area contributed by atoms with Gasteiger partial charge in [-0.3, -0.25) is 19.2 Å². The molecule has 0 radical (unpaired) electrons. The molecule has 2 heterocycles. The molecule has 2 aromatic heterocycles. The van der Waals surface area contributed by atoms with E-state index in [4.69, 9.17) is 15.0 Å². The van der Waals surface area contributed by atoms with E-state index in [-0.39, 0.29) is 37.3 Å². The molecular weight excluding hydrogens is 530 g/mol. The number of pyridine rings is 1. The largest absolute Gasteiger partial charge is 0.463 e. The highest BCUT2D eigenvalue weighted by atomic mass is 16.5. The van der Waals surface area contributed by atoms with Crippen molar-refractivity contribution >= 4 is 29.4 Å². The number of hydrogen-bond acceptors (Lipinski definition) is 8. The number of esters is 1. The van der Waals surface area contributed by atoms with Gasteiger partial charge < -0.3 is 30.2 Å². The number of nitrogens with one attached hydrogen (secondary N) is 2. The standard InChI is InChI=1S/C29H33N5O7/c1-4-40-25(36)13-11-21(10-12-24(30)35)31-28(38)23(17-20-8-6-5-7-9-20)34-15-14-18(2)26(29(34)39)32-27(37)22-16-19(3)41-33-22/h5-9,11,13-16,21,23H,4,10,12,17H2,1-3H3,(H2,30,35)(H,31,38)(H,32,37)/t21-,23-/m0/s1. The van der Waals surface area contributed by atoms with Crippen molar-refractivity contribution in [1.29, 1.82) is 0 Å². The minimum atomic E-state index is -1.05. The molecule has 3 rings (SSSR count). The van der Waals surface area contributed by atoms with Gasteiger partial charge in [0.25, 0.3) is 11.5 Å². The van der Waals surface area contributed by atoms with Crippen LogP contribution >= 0.6 is 0 Å². The summed E-state index contributed by atoms with van der Waals surface area (Å²) in [6.45, 7) is 5.12. The number of anilines is 1. The van der Waals surface area contributed by atoms with Crippen LogP contribution in [0, 0.1) is 13.8 Å². The molecule has 0 fully saturated rings. The SMILES string of the molecule is CCOC(=O)C=C[C@H](CCC(N)=O)NC(=O)[C@H](Cc1ccccc1)n1ccc(C)c(NC(=O)c2cc(C)on2)c1=O. The van der Waals surface area contributed by atoms with Crippen LogP contribution in [-0.2, 0) is 25.5 Å². The molecule has 12 nitrogen and oxygen atoms in total. The minimum absolute atomic E-state index is 0.000890. The van der Waals surface area contributed by atoms with Crippen molar-refractivity contribution in [2.45, 2.75) is 52.1 Å². The van der Waals surface area contributed by atoms with Crippen LogP contribution < -0.4 is 21.9 Å². The van der Waals surface area contributed by atoms with E-state index in [1.54, 1.807) is 26.8 Å². The van der Waals surface area contributed by atoms with Gasteiger partial charge >= 0.3 is 5.97 Å². The summed E-state index contributed by atoms with van der Waals surface area (Å²) in [5.41, 5.74) is 5.94. The lowest BCUT2D eigenvalue weighted by Gasteiger charge is -2.24. The van der Waals surface area contributed by atoms with Crippen LogP contribution in [0.3, 0.4) is 0 Å². The summed E-state index contributed by atoms with van der Waals surface area (Å²) in [5, 5.41) is 9.08. The van der Waals surface area contributed by atoms with Crippen LogP contribution in [0.1, 0.15) is 53.2 Å². The number of nitrogens with two attached hydrogens (primary N) is 1. The number of hydrogen-bond donors (Lipinski definition) is 3. The molecule has 0 aliphatic heterocycles. The fourth-order valence-corrected chi connectivity index (χ4v) is 4.02. The highest BCUT2D eigenvalue weighted by Gasteiger charge is 2.26. The Kier molecular flexibility index (Phi) is 10.7. The van der Waals surface area contributed by atoms with E-state index in [1.807, 2.05) is 30.3 Å². The first-order valence-corrected chi connectivity index (χ1v) is 13.0. The predicted molar refractivity (Wildman–Crippen MR) is 150 cm³/mol. The van der Waals surface area contributed by atoms with Gasteiger partial charge in [0.1, 0.15) is 17.5 Å². The maximum Gasteiger partial charge on any atom is 0.330 e. The molecule has 0 spiro atoms. The lowest BCUT2D eigenvalue weighted by Crippen LogP contribution is -2.43. The maximum atomic E-state index is 13.7. The maximum absolute atomic E-state index is 13.7. The molecule has 12 heteroatoms. The van der Waals surface area contributed by atoms with Crippen molar-refractivity contribution in [3.8, 4) is 0 Å². The van der Waals surface area contributed by atoms with E-state index < -0.39 is 41.3 Å². The number of nitrogens with zero attached hydrogens (tertiary/aromatic N) is 2. The molecule has 3 aromatic rings. The number of amides is 3. The summed E-state index contributed by atoms with van der Waals surface area (Å²) in [5.74, 6) is -1.94. The fraction of sp³-hybridized carbons (Fsp3) is 0.310. The summed E-state index contributed by atoms with van der Waals surface area (Å²) >= 11 is 0. The normalized spacial score (nSPS) is 12.5. The Labute approximate surface area is 236 Å². The molecule has 0 aliphatic rings. The highest BCUT2D eigenvalue weighted by molar-refractivity contribution is 6.03. The molecule has 0 aliphatic carbocycles. The summed E-state index contributed by atoms with van der Waals surface area (Å²) in [7, 11) is 0. The Morgan fingerprint density at radius 1 is 1.15 bits per heavy atom. The summed E-state index contributed by atoms with van der Waals surface area (Å²) in [4.78, 5) is 63.4. The molecule has 0 saturated heterocycles. The van der Waals surface area contributed by atoms with Crippen LogP contribution in [0.4, 0.5) is 5.69 Å². The van der Waals surface area contributed by atoms with Gasteiger partial charge in [-0.15, -0.1) is 0 Å². The Bertz CT molecular complexity index is 1480. The number of carbonyl (C=O) groups is 4. The number of ether oxygens (including phenoxy) is 1. The van der Waals surface area contributed by atoms with Crippen molar-refractivity contribution in [1.82, 2.24) is 15.0 Å². The third-order valence-electron chi connectivity index (χ3n) is 6.12. The molecule has 216 valence electrons. The first-order valence-electron chi connectivity index (χ1n) is 13.0. The molecule has 0 unspecified atom stereocenters. The highest BCUT2D eigenvalue weighted by Crippen LogP contribution is 2.18. The summed E-state index contributed by atoms with van der Waals surface area (Å²) in [6, 6.07) is 10.3. The minimum Gasteiger partial charge on any atom is -0.463 e. The Morgan fingerprint density at radius 3 is 2.51 bits per heavy atom. The molecule has 0 bridgehead atoms. The Morgan fingerprint density at radius 2 is 1.88 bits per heavy atom. The number of primary amides is 1. The number of rotatable bonds is 13. The number of aromatic nitrogens is 2. The van der Waals surface area contributed by atoms with Crippen molar-refractivity contribution in [3.05, 3.63) is 93.7 Å². The van der Waals surface area contributed by atoms with Gasteiger partial charge in [0.05, 0.1) is 6.61 Å². The Balaban J connectivity index is 1.97. The van der Waals surface area contributed by atoms with E-state index in [1.165, 1.54) is 29.0 Å². The van der Waals surface area contributed by atoms with Crippen molar-refractivity contribution in [3.63, 3.8) is 0 Å². The molecule has 0 saturated carbocycles. The van der Waals surface area contributed by atoms with Crippen molar-refractivity contribution in [2.24, 2.45) is 5.73 Å². The molecular formula is C29H33N5O7. The van der Waals surface area contributed by atoms with Crippen LogP contribution in [0.5, 0.6) is 0 Å². The second-order valence-corrected chi connectivity index (χ2v) is 9.30. The lowest BCUT2D eigenvalue weighted by molar-refractivity contribution is -0.137. The first-order chi connectivity index (χ1) is 19.6. The monoisotopic (exact) mass is 563 g/mol. The van der Waals surface area contributed by atoms with E-state index in [0.29, 0.717) is 11.3 Å². The van der Waals surface area contributed by atoms with Crippen LogP contribution in [0.2, 0.25) is 0 Å². The average Bonchev–Trinajstić information content (AvgIpc) is 3.38. The van der Waals surface area contributed by atoms with Crippen LogP contribution in [0.15, 0.2) is 70.1 Å². The lowest BCUT2D eigenvalue weighted by atomic mass is 10.0. The number of aryl methyl sites for hydroxylation is 2. The average molecular weight is 564 g/mol. The van der Waals surface area contributed by atoms with Gasteiger partial charge in [0.2, 0.25) is 11.8 Å². The third-order valence-corrected chi connectivity index (χ3v) is 6.12. The van der Waals surface area contributed by atoms with E-state index in [2.05, 4.69) is 15.8 Å². The topological polar surface area (TPSA) is 176 Å². The van der Waals surface area contributed by atoms with E-state index >= 15 is 0 Å². The summed E-state index contributed by atoms with van der Waals surface area (Å²) < 4.78 is 11.1. The second-order valence-electron chi connectivity index (χ2n) is 9.30. The van der Waals surface area contributed by atoms with Crippen molar-refractivity contribution < 1.29 is 28.4 Å². The molecule has 3 amide bonds. The zero-order chi connectivity index (χ0) is 29.9. The summed E-state index contributed by atoms with van der Waals surface area (Å²) in [6.07, 6.45) is 4.27. The van der Waals surface area contributed by atoms with Gasteiger partial charge in [-0.25, -0.2) is 4.79 Å². The molecule has 41 heavy (non-hydrogen) atoms.